The van der Waals surface area contributed by atoms with Crippen molar-refractivity contribution in [3.05, 3.63) is 41.2 Å². The van der Waals surface area contributed by atoms with Crippen molar-refractivity contribution < 1.29 is 14.0 Å². The second kappa shape index (κ2) is 7.85. The standard InChI is InChI=1S/C15H16ClFO2/c1-11(18)14(15(19)7-2-3-8-16)10-12-5-4-6-13(17)9-12/h4-6,9-10H,2-3,7-8H2,1H3. The highest BCUT2D eigenvalue weighted by molar-refractivity contribution is 6.22. The molecule has 1 rings (SSSR count). The molecule has 19 heavy (non-hydrogen) atoms. The second-order valence-electron chi connectivity index (χ2n) is 4.24. The monoisotopic (exact) mass is 282 g/mol. The van der Waals surface area contributed by atoms with Gasteiger partial charge in [0.15, 0.2) is 11.6 Å². The zero-order valence-electron chi connectivity index (χ0n) is 10.8. The predicted octanol–water partition coefficient (Wildman–Crippen LogP) is 3.78. The molecule has 0 atom stereocenters. The van der Waals surface area contributed by atoms with Crippen molar-refractivity contribution in [2.24, 2.45) is 0 Å². The summed E-state index contributed by atoms with van der Waals surface area (Å²) < 4.78 is 13.1. The summed E-state index contributed by atoms with van der Waals surface area (Å²) in [6.07, 6.45) is 3.11. The molecule has 0 saturated carbocycles. The van der Waals surface area contributed by atoms with Crippen LogP contribution in [0.15, 0.2) is 29.8 Å². The van der Waals surface area contributed by atoms with Crippen LogP contribution in [0.4, 0.5) is 4.39 Å². The van der Waals surface area contributed by atoms with Crippen LogP contribution in [0.25, 0.3) is 6.08 Å². The summed E-state index contributed by atoms with van der Waals surface area (Å²) in [6.45, 7) is 1.34. The summed E-state index contributed by atoms with van der Waals surface area (Å²) in [5.41, 5.74) is 0.621. The third kappa shape index (κ3) is 5.35. The van der Waals surface area contributed by atoms with Crippen molar-refractivity contribution in [3.8, 4) is 0 Å². The van der Waals surface area contributed by atoms with Gasteiger partial charge in [0.25, 0.3) is 0 Å². The average Bonchev–Trinajstić information content (AvgIpc) is 2.36. The van der Waals surface area contributed by atoms with Crippen molar-refractivity contribution in [3.63, 3.8) is 0 Å². The summed E-state index contributed by atoms with van der Waals surface area (Å²) in [5.74, 6) is -0.427. The van der Waals surface area contributed by atoms with Gasteiger partial charge >= 0.3 is 0 Å². The molecule has 0 amide bonds. The fraction of sp³-hybridized carbons (Fsp3) is 0.333. The Morgan fingerprint density at radius 3 is 2.63 bits per heavy atom. The molecule has 0 N–H and O–H groups in total. The van der Waals surface area contributed by atoms with E-state index < -0.39 is 5.82 Å². The highest BCUT2D eigenvalue weighted by Crippen LogP contribution is 2.13. The van der Waals surface area contributed by atoms with Crippen LogP contribution in [-0.2, 0) is 9.59 Å². The summed E-state index contributed by atoms with van der Waals surface area (Å²) in [7, 11) is 0. The van der Waals surface area contributed by atoms with Crippen LogP contribution in [0.5, 0.6) is 0 Å². The van der Waals surface area contributed by atoms with Crippen LogP contribution in [0.3, 0.4) is 0 Å². The van der Waals surface area contributed by atoms with Crippen LogP contribution in [0.1, 0.15) is 31.7 Å². The predicted molar refractivity (Wildman–Crippen MR) is 74.6 cm³/mol. The van der Waals surface area contributed by atoms with Crippen molar-refractivity contribution in [2.45, 2.75) is 26.2 Å². The molecule has 0 spiro atoms. The first-order valence-electron chi connectivity index (χ1n) is 6.12. The zero-order chi connectivity index (χ0) is 14.3. The van der Waals surface area contributed by atoms with Crippen molar-refractivity contribution in [1.82, 2.24) is 0 Å². The first-order chi connectivity index (χ1) is 9.04. The fourth-order valence-corrected chi connectivity index (χ4v) is 1.85. The van der Waals surface area contributed by atoms with E-state index in [-0.39, 0.29) is 23.6 Å². The number of alkyl halides is 1. The van der Waals surface area contributed by atoms with Crippen LogP contribution >= 0.6 is 11.6 Å². The molecule has 1 aromatic carbocycles. The van der Waals surface area contributed by atoms with Gasteiger partial charge in [-0.2, -0.15) is 0 Å². The first kappa shape index (κ1) is 15.6. The van der Waals surface area contributed by atoms with E-state index in [2.05, 4.69) is 0 Å². The first-order valence-corrected chi connectivity index (χ1v) is 6.65. The molecule has 0 bridgehead atoms. The van der Waals surface area contributed by atoms with Crippen molar-refractivity contribution >= 4 is 29.2 Å². The Kier molecular flexibility index (Phi) is 6.43. The number of allylic oxidation sites excluding steroid dienone is 1. The molecule has 0 aliphatic carbocycles. The third-order valence-electron chi connectivity index (χ3n) is 2.63. The van der Waals surface area contributed by atoms with E-state index in [1.165, 1.54) is 31.2 Å². The number of carbonyl (C=O) groups is 2. The zero-order valence-corrected chi connectivity index (χ0v) is 11.5. The van der Waals surface area contributed by atoms with Gasteiger partial charge in [0.2, 0.25) is 0 Å². The maximum absolute atomic E-state index is 13.1. The minimum absolute atomic E-state index is 0.111. The lowest BCUT2D eigenvalue weighted by Crippen LogP contribution is -2.10. The minimum Gasteiger partial charge on any atom is -0.294 e. The molecular formula is C15H16ClFO2. The Hall–Kier alpha value is -1.48. The molecule has 0 fully saturated rings. The fourth-order valence-electron chi connectivity index (χ4n) is 1.66. The summed E-state index contributed by atoms with van der Waals surface area (Å²) >= 11 is 5.54. The third-order valence-corrected chi connectivity index (χ3v) is 2.89. The molecule has 0 aliphatic rings. The number of hydrogen-bond acceptors (Lipinski definition) is 2. The lowest BCUT2D eigenvalue weighted by atomic mass is 10.00. The number of hydrogen-bond donors (Lipinski definition) is 0. The van der Waals surface area contributed by atoms with E-state index >= 15 is 0 Å². The van der Waals surface area contributed by atoms with E-state index in [4.69, 9.17) is 11.6 Å². The van der Waals surface area contributed by atoms with Gasteiger partial charge in [-0.3, -0.25) is 9.59 Å². The molecule has 0 radical (unpaired) electrons. The van der Waals surface area contributed by atoms with Gasteiger partial charge in [-0.1, -0.05) is 12.1 Å². The smallest absolute Gasteiger partial charge is 0.166 e. The molecular weight excluding hydrogens is 267 g/mol. The largest absolute Gasteiger partial charge is 0.294 e. The summed E-state index contributed by atoms with van der Waals surface area (Å²) in [5, 5.41) is 0. The highest BCUT2D eigenvalue weighted by atomic mass is 35.5. The second-order valence-corrected chi connectivity index (χ2v) is 4.62. The molecule has 0 aliphatic heterocycles. The molecule has 4 heteroatoms. The number of carbonyl (C=O) groups excluding carboxylic acids is 2. The van der Waals surface area contributed by atoms with E-state index in [9.17, 15) is 14.0 Å². The molecule has 2 nitrogen and oxygen atoms in total. The van der Waals surface area contributed by atoms with Gasteiger partial charge in [0.05, 0.1) is 5.57 Å². The number of benzene rings is 1. The van der Waals surface area contributed by atoms with Crippen LogP contribution in [0, 0.1) is 5.82 Å². The SMILES string of the molecule is CC(=O)C(=Cc1cccc(F)c1)C(=O)CCCCCl. The highest BCUT2D eigenvalue weighted by Gasteiger charge is 2.14. The Labute approximate surface area is 117 Å². The maximum atomic E-state index is 13.1. The van der Waals surface area contributed by atoms with Crippen LogP contribution in [-0.4, -0.2) is 17.4 Å². The molecule has 0 aromatic heterocycles. The van der Waals surface area contributed by atoms with Crippen LogP contribution < -0.4 is 0 Å². The summed E-state index contributed by atoms with van der Waals surface area (Å²) in [4.78, 5) is 23.4. The maximum Gasteiger partial charge on any atom is 0.166 e. The number of unbranched alkanes of at least 4 members (excludes halogenated alkanes) is 1. The molecule has 0 saturated heterocycles. The number of halogens is 2. The summed E-state index contributed by atoms with van der Waals surface area (Å²) in [6, 6.07) is 5.79. The van der Waals surface area contributed by atoms with E-state index in [1.807, 2.05) is 0 Å². The van der Waals surface area contributed by atoms with Gasteiger partial charge in [-0.15, -0.1) is 11.6 Å². The van der Waals surface area contributed by atoms with Gasteiger partial charge in [-0.25, -0.2) is 4.39 Å². The molecule has 1 aromatic rings. The van der Waals surface area contributed by atoms with Gasteiger partial charge < -0.3 is 0 Å². The average molecular weight is 283 g/mol. The number of rotatable bonds is 7. The molecule has 0 unspecified atom stereocenters. The van der Waals surface area contributed by atoms with Crippen molar-refractivity contribution in [2.75, 3.05) is 5.88 Å². The Morgan fingerprint density at radius 1 is 1.32 bits per heavy atom. The van der Waals surface area contributed by atoms with E-state index in [0.29, 0.717) is 17.9 Å². The molecule has 0 heterocycles. The molecule has 102 valence electrons. The number of Topliss-reactive ketones (excluding diaryl/α,β-unsaturated/α-hetero) is 2. The van der Waals surface area contributed by atoms with Crippen molar-refractivity contribution in [1.29, 1.82) is 0 Å². The van der Waals surface area contributed by atoms with E-state index in [0.717, 1.165) is 6.42 Å². The Bertz CT molecular complexity index is 495. The Balaban J connectivity index is 2.88. The lowest BCUT2D eigenvalue weighted by molar-refractivity contribution is -0.120. The normalized spacial score (nSPS) is 11.4. The lowest BCUT2D eigenvalue weighted by Gasteiger charge is -2.03. The van der Waals surface area contributed by atoms with Gasteiger partial charge in [-0.05, 0) is 43.5 Å². The quantitative estimate of drug-likeness (QED) is 0.251. The number of ketones is 2. The Morgan fingerprint density at radius 2 is 2.05 bits per heavy atom. The minimum atomic E-state index is -0.397. The van der Waals surface area contributed by atoms with Gasteiger partial charge in [0.1, 0.15) is 5.82 Å². The topological polar surface area (TPSA) is 34.1 Å². The van der Waals surface area contributed by atoms with Crippen LogP contribution in [0.2, 0.25) is 0 Å². The van der Waals surface area contributed by atoms with Gasteiger partial charge in [0, 0.05) is 12.3 Å². The van der Waals surface area contributed by atoms with E-state index in [1.54, 1.807) is 6.07 Å².